The molecule has 1 aromatic heterocycles. The Morgan fingerprint density at radius 2 is 1.63 bits per heavy atom. The fourth-order valence-corrected chi connectivity index (χ4v) is 3.68. The molecule has 0 spiro atoms. The van der Waals surface area contributed by atoms with Gasteiger partial charge >= 0.3 is 0 Å². The van der Waals surface area contributed by atoms with Crippen molar-refractivity contribution < 1.29 is 14.0 Å². The van der Waals surface area contributed by atoms with E-state index in [0.29, 0.717) is 24.4 Å². The summed E-state index contributed by atoms with van der Waals surface area (Å²) in [5, 5.41) is 3.65. The highest BCUT2D eigenvalue weighted by Gasteiger charge is 2.29. The normalized spacial score (nSPS) is 15.0. The average molecular weight is 405 g/mol. The maximum atomic E-state index is 13.3. The Labute approximate surface area is 176 Å². The van der Waals surface area contributed by atoms with Crippen LogP contribution in [0.5, 0.6) is 0 Å². The van der Waals surface area contributed by atoms with E-state index in [0.717, 1.165) is 25.0 Å². The molecule has 3 aromatic rings. The van der Waals surface area contributed by atoms with Crippen molar-refractivity contribution >= 4 is 28.5 Å². The molecule has 0 bridgehead atoms. The number of amides is 2. The predicted molar refractivity (Wildman–Crippen MR) is 117 cm³/mol. The van der Waals surface area contributed by atoms with E-state index in [1.807, 2.05) is 61.2 Å². The molecule has 2 aromatic carbocycles. The lowest BCUT2D eigenvalue weighted by Gasteiger charge is -2.34. The number of nitrogens with one attached hydrogen (secondary N) is 1. The van der Waals surface area contributed by atoms with Crippen LogP contribution in [0.4, 0.5) is 5.69 Å². The molecule has 0 unspecified atom stereocenters. The third-order valence-corrected chi connectivity index (χ3v) is 5.47. The summed E-state index contributed by atoms with van der Waals surface area (Å²) in [4.78, 5) is 29.8. The van der Waals surface area contributed by atoms with Gasteiger partial charge in [0.2, 0.25) is 11.7 Å². The first-order valence-corrected chi connectivity index (χ1v) is 10.4. The maximum absolute atomic E-state index is 13.3. The van der Waals surface area contributed by atoms with Crippen LogP contribution in [0.25, 0.3) is 11.0 Å². The van der Waals surface area contributed by atoms with Crippen molar-refractivity contribution in [2.45, 2.75) is 20.4 Å². The smallest absolute Gasteiger partial charge is 0.291 e. The number of carbonyl (C=O) groups is 2. The number of hydrogen-bond acceptors (Lipinski definition) is 4. The molecule has 1 N–H and O–H groups in total. The van der Waals surface area contributed by atoms with E-state index in [1.54, 1.807) is 0 Å². The van der Waals surface area contributed by atoms with Crippen LogP contribution in [0, 0.1) is 5.92 Å². The standard InChI is InChI=1S/C24H27N3O3/c1-17(2)23(28)25-21-19-10-6-7-11-20(19)30-22(21)24(29)27-14-12-26(13-15-27)16-18-8-4-3-5-9-18/h3-11,17H,12-16H2,1-2H3,(H,25,28). The highest BCUT2D eigenvalue weighted by atomic mass is 16.3. The van der Waals surface area contributed by atoms with Crippen molar-refractivity contribution in [3.05, 3.63) is 65.9 Å². The van der Waals surface area contributed by atoms with Gasteiger partial charge in [-0.2, -0.15) is 0 Å². The largest absolute Gasteiger partial charge is 0.449 e. The quantitative estimate of drug-likeness (QED) is 0.697. The van der Waals surface area contributed by atoms with Crippen LogP contribution in [-0.4, -0.2) is 47.8 Å². The Bertz CT molecular complexity index is 1030. The molecular weight excluding hydrogens is 378 g/mol. The number of hydrogen-bond donors (Lipinski definition) is 1. The van der Waals surface area contributed by atoms with Crippen molar-refractivity contribution in [1.82, 2.24) is 9.80 Å². The molecule has 30 heavy (non-hydrogen) atoms. The predicted octanol–water partition coefficient (Wildman–Crippen LogP) is 3.99. The zero-order valence-corrected chi connectivity index (χ0v) is 17.4. The minimum Gasteiger partial charge on any atom is -0.449 e. The number of furan rings is 1. The molecule has 6 nitrogen and oxygen atoms in total. The molecule has 6 heteroatoms. The fraction of sp³-hybridized carbons (Fsp3) is 0.333. The molecule has 1 aliphatic heterocycles. The summed E-state index contributed by atoms with van der Waals surface area (Å²) in [6.07, 6.45) is 0. The molecule has 2 amide bonds. The van der Waals surface area contributed by atoms with E-state index in [9.17, 15) is 9.59 Å². The Hall–Kier alpha value is -3.12. The van der Waals surface area contributed by atoms with E-state index < -0.39 is 0 Å². The Kier molecular flexibility index (Phi) is 5.86. The Morgan fingerprint density at radius 3 is 2.33 bits per heavy atom. The van der Waals surface area contributed by atoms with Crippen molar-refractivity contribution in [1.29, 1.82) is 0 Å². The second-order valence-corrected chi connectivity index (χ2v) is 8.00. The Morgan fingerprint density at radius 1 is 0.967 bits per heavy atom. The van der Waals surface area contributed by atoms with E-state index >= 15 is 0 Å². The number of fused-ring (bicyclic) bond motifs is 1. The third-order valence-electron chi connectivity index (χ3n) is 5.47. The van der Waals surface area contributed by atoms with Gasteiger partial charge in [-0.25, -0.2) is 0 Å². The van der Waals surface area contributed by atoms with Crippen molar-refractivity contribution in [2.75, 3.05) is 31.5 Å². The lowest BCUT2D eigenvalue weighted by Crippen LogP contribution is -2.48. The van der Waals surface area contributed by atoms with E-state index in [2.05, 4.69) is 22.3 Å². The van der Waals surface area contributed by atoms with Gasteiger partial charge in [0.1, 0.15) is 11.3 Å². The number of benzene rings is 2. The number of rotatable bonds is 5. The van der Waals surface area contributed by atoms with Gasteiger partial charge in [-0.05, 0) is 17.7 Å². The van der Waals surface area contributed by atoms with Gasteiger partial charge in [0.15, 0.2) is 0 Å². The first-order valence-electron chi connectivity index (χ1n) is 10.4. The summed E-state index contributed by atoms with van der Waals surface area (Å²) in [6, 6.07) is 17.8. The topological polar surface area (TPSA) is 65.8 Å². The maximum Gasteiger partial charge on any atom is 0.291 e. The summed E-state index contributed by atoms with van der Waals surface area (Å²) in [6.45, 7) is 7.38. The molecule has 2 heterocycles. The lowest BCUT2D eigenvalue weighted by molar-refractivity contribution is -0.118. The van der Waals surface area contributed by atoms with Gasteiger partial charge in [0, 0.05) is 44.0 Å². The number of nitrogens with zero attached hydrogens (tertiary/aromatic N) is 2. The SMILES string of the molecule is CC(C)C(=O)Nc1c(C(=O)N2CCN(Cc3ccccc3)CC2)oc2ccccc12. The third kappa shape index (κ3) is 4.24. The van der Waals surface area contributed by atoms with Crippen LogP contribution in [0.3, 0.4) is 0 Å². The van der Waals surface area contributed by atoms with Gasteiger partial charge in [-0.3, -0.25) is 14.5 Å². The zero-order chi connectivity index (χ0) is 21.1. The molecule has 0 aliphatic carbocycles. The molecule has 1 saturated heterocycles. The van der Waals surface area contributed by atoms with Crippen LogP contribution in [0.2, 0.25) is 0 Å². The molecule has 0 saturated carbocycles. The fourth-order valence-electron chi connectivity index (χ4n) is 3.68. The van der Waals surface area contributed by atoms with Crippen molar-refractivity contribution in [2.24, 2.45) is 5.92 Å². The highest BCUT2D eigenvalue weighted by molar-refractivity contribution is 6.11. The van der Waals surface area contributed by atoms with Gasteiger partial charge in [0.05, 0.1) is 0 Å². The van der Waals surface area contributed by atoms with E-state index in [1.165, 1.54) is 5.56 Å². The van der Waals surface area contributed by atoms with Gasteiger partial charge in [0.25, 0.3) is 5.91 Å². The van der Waals surface area contributed by atoms with Gasteiger partial charge in [-0.1, -0.05) is 56.3 Å². The Balaban J connectivity index is 1.50. The minimum absolute atomic E-state index is 0.136. The van der Waals surface area contributed by atoms with Crippen LogP contribution in [-0.2, 0) is 11.3 Å². The van der Waals surface area contributed by atoms with Gasteiger partial charge < -0.3 is 14.6 Å². The summed E-state index contributed by atoms with van der Waals surface area (Å²) in [5.74, 6) is -0.294. The minimum atomic E-state index is -0.192. The number of anilines is 1. The van der Waals surface area contributed by atoms with Crippen LogP contribution in [0.1, 0.15) is 30.0 Å². The second-order valence-electron chi connectivity index (χ2n) is 8.00. The van der Waals surface area contributed by atoms with E-state index in [4.69, 9.17) is 4.42 Å². The second kappa shape index (κ2) is 8.71. The van der Waals surface area contributed by atoms with Crippen LogP contribution < -0.4 is 5.32 Å². The van der Waals surface area contributed by atoms with Crippen LogP contribution in [0.15, 0.2) is 59.0 Å². The van der Waals surface area contributed by atoms with Gasteiger partial charge in [-0.15, -0.1) is 0 Å². The average Bonchev–Trinajstić information content (AvgIpc) is 3.13. The first kappa shape index (κ1) is 20.2. The zero-order valence-electron chi connectivity index (χ0n) is 17.4. The molecule has 156 valence electrons. The molecule has 4 rings (SSSR count). The van der Waals surface area contributed by atoms with Crippen LogP contribution >= 0.6 is 0 Å². The molecular formula is C24H27N3O3. The monoisotopic (exact) mass is 405 g/mol. The van der Waals surface area contributed by atoms with E-state index in [-0.39, 0.29) is 23.5 Å². The number of carbonyl (C=O) groups excluding carboxylic acids is 2. The molecule has 1 aliphatic rings. The number of para-hydroxylation sites is 1. The van der Waals surface area contributed by atoms with Crippen molar-refractivity contribution in [3.8, 4) is 0 Å². The first-order chi connectivity index (χ1) is 14.5. The summed E-state index contributed by atoms with van der Waals surface area (Å²) in [5.41, 5.74) is 2.34. The molecule has 0 atom stereocenters. The molecule has 1 fully saturated rings. The number of piperazine rings is 1. The summed E-state index contributed by atoms with van der Waals surface area (Å²) >= 11 is 0. The summed E-state index contributed by atoms with van der Waals surface area (Å²) < 4.78 is 5.90. The molecule has 0 radical (unpaired) electrons. The summed E-state index contributed by atoms with van der Waals surface area (Å²) in [7, 11) is 0. The highest BCUT2D eigenvalue weighted by Crippen LogP contribution is 2.32. The lowest BCUT2D eigenvalue weighted by atomic mass is 10.1. The van der Waals surface area contributed by atoms with Crippen molar-refractivity contribution in [3.63, 3.8) is 0 Å².